The monoisotopic (exact) mass is 471 g/mol. The lowest BCUT2D eigenvalue weighted by molar-refractivity contribution is -0.151. The highest BCUT2D eigenvalue weighted by Gasteiger charge is 2.52. The first-order valence-electron chi connectivity index (χ1n) is 13.0. The van der Waals surface area contributed by atoms with Gasteiger partial charge in [0.25, 0.3) is 0 Å². The molecule has 0 saturated heterocycles. The summed E-state index contributed by atoms with van der Waals surface area (Å²) in [6.45, 7) is 1.56. The summed E-state index contributed by atoms with van der Waals surface area (Å²) < 4.78 is 8.85. The van der Waals surface area contributed by atoms with E-state index in [1.54, 1.807) is 0 Å². The van der Waals surface area contributed by atoms with Crippen molar-refractivity contribution in [1.82, 2.24) is 14.8 Å². The van der Waals surface area contributed by atoms with E-state index in [1.807, 2.05) is 60.7 Å². The van der Waals surface area contributed by atoms with Gasteiger partial charge in [-0.15, -0.1) is 0 Å². The van der Waals surface area contributed by atoms with E-state index in [-0.39, 0.29) is 0 Å². The molecule has 0 radical (unpaired) electrons. The van der Waals surface area contributed by atoms with Crippen LogP contribution in [-0.2, 0) is 27.1 Å². The van der Waals surface area contributed by atoms with Gasteiger partial charge < -0.3 is 9.84 Å². The van der Waals surface area contributed by atoms with E-state index in [9.17, 15) is 9.90 Å². The molecule has 3 saturated carbocycles. The molecule has 0 unspecified atom stereocenters. The standard InChI is InChI=1S/C29H33N3O3/c33-27(34)28(24-9-5-2-6-10-24)15-17-29(18-16-28,35-20-22-13-14-22)26-30-25(23-7-3-1-4-8-23)31-32(26)19-21-11-12-21/h1-10,21-22H,11-20H2,(H,33,34)/t28-,29-. The molecule has 0 spiro atoms. The Balaban J connectivity index is 1.38. The second-order valence-electron chi connectivity index (χ2n) is 10.8. The van der Waals surface area contributed by atoms with Gasteiger partial charge in [0.05, 0.1) is 12.0 Å². The molecule has 3 aliphatic carbocycles. The van der Waals surface area contributed by atoms with Crippen molar-refractivity contribution in [1.29, 1.82) is 0 Å². The number of benzene rings is 2. The summed E-state index contributed by atoms with van der Waals surface area (Å²) in [5.74, 6) is 2.12. The fourth-order valence-corrected chi connectivity index (χ4v) is 5.52. The van der Waals surface area contributed by atoms with Crippen LogP contribution >= 0.6 is 0 Å². The first-order chi connectivity index (χ1) is 17.1. The molecular weight excluding hydrogens is 438 g/mol. The van der Waals surface area contributed by atoms with Crippen molar-refractivity contribution in [2.24, 2.45) is 11.8 Å². The van der Waals surface area contributed by atoms with E-state index in [4.69, 9.17) is 14.8 Å². The molecule has 0 amide bonds. The SMILES string of the molecule is O=C(O)[C@]1(c2ccccc2)CC[C@](OCC2CC2)(c2nc(-c3ccccc3)nn2CC2CC2)CC1. The van der Waals surface area contributed by atoms with Crippen LogP contribution in [0.1, 0.15) is 62.8 Å². The minimum atomic E-state index is -0.892. The van der Waals surface area contributed by atoms with Crippen molar-refractivity contribution in [3.63, 3.8) is 0 Å². The normalized spacial score (nSPS) is 26.5. The van der Waals surface area contributed by atoms with Gasteiger partial charge >= 0.3 is 5.97 Å². The fourth-order valence-electron chi connectivity index (χ4n) is 5.52. The summed E-state index contributed by atoms with van der Waals surface area (Å²) in [6.07, 6.45) is 7.17. The molecule has 2 aromatic carbocycles. The third kappa shape index (κ3) is 4.40. The molecule has 6 heteroatoms. The molecule has 6 rings (SSSR count). The van der Waals surface area contributed by atoms with Gasteiger partial charge in [-0.3, -0.25) is 4.79 Å². The van der Waals surface area contributed by atoms with Crippen LogP contribution < -0.4 is 0 Å². The van der Waals surface area contributed by atoms with Gasteiger partial charge in [0.1, 0.15) is 5.60 Å². The van der Waals surface area contributed by atoms with Gasteiger partial charge in [-0.25, -0.2) is 9.67 Å². The number of carboxylic acid groups (broad SMARTS) is 1. The quantitative estimate of drug-likeness (QED) is 0.441. The number of carboxylic acids is 1. The third-order valence-corrected chi connectivity index (χ3v) is 8.18. The van der Waals surface area contributed by atoms with Crippen molar-refractivity contribution in [2.75, 3.05) is 6.61 Å². The molecule has 6 nitrogen and oxygen atoms in total. The van der Waals surface area contributed by atoms with Gasteiger partial charge in [-0.05, 0) is 68.8 Å². The lowest BCUT2D eigenvalue weighted by Gasteiger charge is -2.44. The van der Waals surface area contributed by atoms with Gasteiger partial charge in [0, 0.05) is 12.1 Å². The van der Waals surface area contributed by atoms with Crippen LogP contribution in [0.15, 0.2) is 60.7 Å². The zero-order chi connectivity index (χ0) is 23.9. The second kappa shape index (κ2) is 8.90. The number of ether oxygens (including phenoxy) is 1. The number of rotatable bonds is 9. The summed E-state index contributed by atoms with van der Waals surface area (Å²) in [5.41, 5.74) is 0.385. The predicted molar refractivity (Wildman–Crippen MR) is 133 cm³/mol. The molecule has 1 heterocycles. The zero-order valence-corrected chi connectivity index (χ0v) is 20.1. The van der Waals surface area contributed by atoms with Crippen LogP contribution in [0.3, 0.4) is 0 Å². The molecule has 1 aromatic heterocycles. The number of hydrogen-bond acceptors (Lipinski definition) is 4. The Morgan fingerprint density at radius 2 is 1.54 bits per heavy atom. The Bertz CT molecular complexity index is 1170. The Labute approximate surface area is 206 Å². The highest BCUT2D eigenvalue weighted by Crippen LogP contribution is 2.50. The maximum atomic E-state index is 12.6. The van der Waals surface area contributed by atoms with Crippen LogP contribution in [0.4, 0.5) is 0 Å². The van der Waals surface area contributed by atoms with Crippen LogP contribution in [0.2, 0.25) is 0 Å². The van der Waals surface area contributed by atoms with Gasteiger partial charge in [0.2, 0.25) is 0 Å². The van der Waals surface area contributed by atoms with Gasteiger partial charge in [0.15, 0.2) is 11.6 Å². The molecule has 0 bridgehead atoms. The van der Waals surface area contributed by atoms with Crippen LogP contribution in [0, 0.1) is 11.8 Å². The van der Waals surface area contributed by atoms with Crippen molar-refractivity contribution < 1.29 is 14.6 Å². The summed E-state index contributed by atoms with van der Waals surface area (Å²) in [7, 11) is 0. The number of hydrogen-bond donors (Lipinski definition) is 1. The topological polar surface area (TPSA) is 77.2 Å². The minimum Gasteiger partial charge on any atom is -0.481 e. The fraction of sp³-hybridized carbons (Fsp3) is 0.483. The predicted octanol–water partition coefficient (Wildman–Crippen LogP) is 5.57. The maximum absolute atomic E-state index is 12.6. The molecule has 35 heavy (non-hydrogen) atoms. The summed E-state index contributed by atoms with van der Waals surface area (Å²) in [5, 5.41) is 15.3. The first kappa shape index (κ1) is 22.5. The largest absolute Gasteiger partial charge is 0.481 e. The Kier molecular flexibility index (Phi) is 5.72. The Morgan fingerprint density at radius 1 is 0.914 bits per heavy atom. The van der Waals surface area contributed by atoms with Crippen LogP contribution in [-0.4, -0.2) is 32.4 Å². The Morgan fingerprint density at radius 3 is 2.14 bits per heavy atom. The lowest BCUT2D eigenvalue weighted by Crippen LogP contribution is -2.47. The van der Waals surface area contributed by atoms with E-state index in [0.29, 0.717) is 44.1 Å². The number of nitrogens with zero attached hydrogens (tertiary/aromatic N) is 3. The van der Waals surface area contributed by atoms with Gasteiger partial charge in [-0.2, -0.15) is 5.10 Å². The smallest absolute Gasteiger partial charge is 0.314 e. The summed E-state index contributed by atoms with van der Waals surface area (Å²) in [4.78, 5) is 17.7. The summed E-state index contributed by atoms with van der Waals surface area (Å²) in [6, 6.07) is 19.8. The average Bonchev–Trinajstić information content (AvgIpc) is 3.83. The van der Waals surface area contributed by atoms with Crippen molar-refractivity contribution in [3.05, 3.63) is 72.1 Å². The van der Waals surface area contributed by atoms with E-state index in [2.05, 4.69) is 4.68 Å². The molecule has 3 aromatic rings. The van der Waals surface area contributed by atoms with Crippen LogP contribution in [0.5, 0.6) is 0 Å². The first-order valence-corrected chi connectivity index (χ1v) is 13.0. The van der Waals surface area contributed by atoms with E-state index < -0.39 is 17.0 Å². The second-order valence-corrected chi connectivity index (χ2v) is 10.8. The average molecular weight is 472 g/mol. The van der Waals surface area contributed by atoms with Crippen molar-refractivity contribution in [3.8, 4) is 11.4 Å². The highest BCUT2D eigenvalue weighted by atomic mass is 16.5. The van der Waals surface area contributed by atoms with E-state index >= 15 is 0 Å². The van der Waals surface area contributed by atoms with Crippen molar-refractivity contribution >= 4 is 5.97 Å². The number of carbonyl (C=O) groups is 1. The van der Waals surface area contributed by atoms with E-state index in [0.717, 1.165) is 29.3 Å². The molecular formula is C29H33N3O3. The molecule has 182 valence electrons. The van der Waals surface area contributed by atoms with Gasteiger partial charge in [-0.1, -0.05) is 60.7 Å². The number of aromatic nitrogens is 3. The Hall–Kier alpha value is -2.99. The summed E-state index contributed by atoms with van der Waals surface area (Å²) >= 11 is 0. The molecule has 1 N–H and O–H groups in total. The molecule has 0 aliphatic heterocycles. The van der Waals surface area contributed by atoms with E-state index in [1.165, 1.54) is 25.7 Å². The minimum absolute atomic E-state index is 0.522. The van der Waals surface area contributed by atoms with Crippen molar-refractivity contribution in [2.45, 2.75) is 68.9 Å². The maximum Gasteiger partial charge on any atom is 0.314 e. The lowest BCUT2D eigenvalue weighted by atomic mass is 9.65. The van der Waals surface area contributed by atoms with Crippen LogP contribution in [0.25, 0.3) is 11.4 Å². The molecule has 3 fully saturated rings. The molecule has 3 aliphatic rings. The third-order valence-electron chi connectivity index (χ3n) is 8.18. The molecule has 0 atom stereocenters. The number of aliphatic carboxylic acids is 1. The highest BCUT2D eigenvalue weighted by molar-refractivity contribution is 5.81. The zero-order valence-electron chi connectivity index (χ0n) is 20.1.